The summed E-state index contributed by atoms with van der Waals surface area (Å²) < 4.78 is 9.66. The molecule has 0 bridgehead atoms. The highest BCUT2D eigenvalue weighted by atomic mass is 32.1. The molecular formula is C16H15N3OS. The molecule has 4 nitrogen and oxygen atoms in total. The van der Waals surface area contributed by atoms with Crippen molar-refractivity contribution in [3.63, 3.8) is 0 Å². The van der Waals surface area contributed by atoms with Crippen LogP contribution in [0.15, 0.2) is 54.6 Å². The average molecular weight is 297 g/mol. The predicted octanol–water partition coefficient (Wildman–Crippen LogP) is 3.83. The molecule has 0 saturated carbocycles. The van der Waals surface area contributed by atoms with Crippen molar-refractivity contribution < 1.29 is 4.74 Å². The maximum Gasteiger partial charge on any atom is 0.136 e. The SMILES string of the molecule is CNc1snnc1COc1ccc(-c2ccccc2)cc1. The molecule has 1 heterocycles. The predicted molar refractivity (Wildman–Crippen MR) is 85.7 cm³/mol. The van der Waals surface area contributed by atoms with Crippen molar-refractivity contribution in [1.29, 1.82) is 0 Å². The van der Waals surface area contributed by atoms with Gasteiger partial charge >= 0.3 is 0 Å². The Labute approximate surface area is 127 Å². The monoisotopic (exact) mass is 297 g/mol. The summed E-state index contributed by atoms with van der Waals surface area (Å²) in [6.07, 6.45) is 0. The molecular weight excluding hydrogens is 282 g/mol. The van der Waals surface area contributed by atoms with E-state index in [1.807, 2.05) is 37.4 Å². The molecule has 2 aromatic carbocycles. The van der Waals surface area contributed by atoms with E-state index in [9.17, 15) is 0 Å². The van der Waals surface area contributed by atoms with Crippen molar-refractivity contribution in [1.82, 2.24) is 9.59 Å². The first-order valence-corrected chi connectivity index (χ1v) is 7.41. The molecule has 3 rings (SSSR count). The maximum absolute atomic E-state index is 5.75. The first-order valence-electron chi connectivity index (χ1n) is 6.64. The molecule has 5 heteroatoms. The van der Waals surface area contributed by atoms with Crippen LogP contribution >= 0.6 is 11.5 Å². The fraction of sp³-hybridized carbons (Fsp3) is 0.125. The highest BCUT2D eigenvalue weighted by Gasteiger charge is 2.07. The van der Waals surface area contributed by atoms with Crippen LogP contribution in [-0.2, 0) is 6.61 Å². The number of nitrogens with one attached hydrogen (secondary N) is 1. The van der Waals surface area contributed by atoms with Gasteiger partial charge in [0.05, 0.1) is 0 Å². The first kappa shape index (κ1) is 13.6. The van der Waals surface area contributed by atoms with E-state index in [4.69, 9.17) is 4.74 Å². The van der Waals surface area contributed by atoms with Gasteiger partial charge in [0.1, 0.15) is 23.1 Å². The standard InChI is InChI=1S/C16H15N3OS/c1-17-16-15(18-19-21-16)11-20-14-9-7-13(8-10-14)12-5-3-2-4-6-12/h2-10,17H,11H2,1H3. The second-order valence-corrected chi connectivity index (χ2v) is 5.23. The normalized spacial score (nSPS) is 10.3. The van der Waals surface area contributed by atoms with Crippen LogP contribution in [0.2, 0.25) is 0 Å². The van der Waals surface area contributed by atoms with Crippen LogP contribution in [0.1, 0.15) is 5.69 Å². The lowest BCUT2D eigenvalue weighted by atomic mass is 10.1. The molecule has 0 aliphatic rings. The molecule has 0 spiro atoms. The highest BCUT2D eigenvalue weighted by molar-refractivity contribution is 7.10. The van der Waals surface area contributed by atoms with Crippen molar-refractivity contribution in [2.24, 2.45) is 0 Å². The average Bonchev–Trinajstić information content (AvgIpc) is 3.02. The zero-order chi connectivity index (χ0) is 14.5. The van der Waals surface area contributed by atoms with Crippen molar-refractivity contribution in [3.05, 3.63) is 60.3 Å². The number of nitrogens with zero attached hydrogens (tertiary/aromatic N) is 2. The summed E-state index contributed by atoms with van der Waals surface area (Å²) in [7, 11) is 1.85. The zero-order valence-electron chi connectivity index (χ0n) is 11.6. The fourth-order valence-electron chi connectivity index (χ4n) is 2.02. The van der Waals surface area contributed by atoms with E-state index in [1.165, 1.54) is 22.7 Å². The molecule has 0 aliphatic heterocycles. The van der Waals surface area contributed by atoms with Crippen molar-refractivity contribution in [2.75, 3.05) is 12.4 Å². The Kier molecular flexibility index (Phi) is 4.12. The van der Waals surface area contributed by atoms with Gasteiger partial charge < -0.3 is 10.1 Å². The number of rotatable bonds is 5. The lowest BCUT2D eigenvalue weighted by molar-refractivity contribution is 0.302. The Balaban J connectivity index is 1.68. The minimum absolute atomic E-state index is 0.414. The van der Waals surface area contributed by atoms with Crippen LogP contribution < -0.4 is 10.1 Å². The third kappa shape index (κ3) is 3.20. The third-order valence-corrected chi connectivity index (χ3v) is 3.91. The Morgan fingerprint density at radius 3 is 2.43 bits per heavy atom. The van der Waals surface area contributed by atoms with Gasteiger partial charge in [-0.3, -0.25) is 0 Å². The molecule has 106 valence electrons. The van der Waals surface area contributed by atoms with E-state index in [-0.39, 0.29) is 0 Å². The van der Waals surface area contributed by atoms with Gasteiger partial charge in [-0.2, -0.15) is 0 Å². The van der Waals surface area contributed by atoms with Gasteiger partial charge in [0, 0.05) is 18.6 Å². The lowest BCUT2D eigenvalue weighted by Gasteiger charge is -2.07. The number of hydrogen-bond donors (Lipinski definition) is 1. The van der Waals surface area contributed by atoms with Crippen molar-refractivity contribution in [2.45, 2.75) is 6.61 Å². The van der Waals surface area contributed by atoms with E-state index in [0.717, 1.165) is 16.4 Å². The number of ether oxygens (including phenoxy) is 1. The summed E-state index contributed by atoms with van der Waals surface area (Å²) in [6, 6.07) is 18.3. The van der Waals surface area contributed by atoms with Gasteiger partial charge in [0.2, 0.25) is 0 Å². The van der Waals surface area contributed by atoms with Crippen LogP contribution in [0.25, 0.3) is 11.1 Å². The lowest BCUT2D eigenvalue weighted by Crippen LogP contribution is -1.99. The zero-order valence-corrected chi connectivity index (χ0v) is 12.4. The minimum Gasteiger partial charge on any atom is -0.487 e. The van der Waals surface area contributed by atoms with E-state index in [1.54, 1.807) is 0 Å². The molecule has 1 aromatic heterocycles. The van der Waals surface area contributed by atoms with Gasteiger partial charge in [-0.1, -0.05) is 47.0 Å². The smallest absolute Gasteiger partial charge is 0.136 e. The molecule has 1 N–H and O–H groups in total. The molecule has 0 amide bonds. The van der Waals surface area contributed by atoms with Crippen LogP contribution in [0, 0.1) is 0 Å². The van der Waals surface area contributed by atoms with Gasteiger partial charge in [0.25, 0.3) is 0 Å². The van der Waals surface area contributed by atoms with Crippen LogP contribution in [0.5, 0.6) is 5.75 Å². The van der Waals surface area contributed by atoms with Gasteiger partial charge in [-0.15, -0.1) is 5.10 Å². The van der Waals surface area contributed by atoms with Crippen molar-refractivity contribution >= 4 is 16.5 Å². The second kappa shape index (κ2) is 6.37. The first-order chi connectivity index (χ1) is 10.4. The number of benzene rings is 2. The van der Waals surface area contributed by atoms with E-state index in [2.05, 4.69) is 39.2 Å². The molecule has 0 aliphatic carbocycles. The highest BCUT2D eigenvalue weighted by Crippen LogP contribution is 2.23. The summed E-state index contributed by atoms with van der Waals surface area (Å²) in [6.45, 7) is 0.414. The summed E-state index contributed by atoms with van der Waals surface area (Å²) in [5, 5.41) is 8.04. The topological polar surface area (TPSA) is 47.0 Å². The Hall–Kier alpha value is -2.40. The van der Waals surface area contributed by atoms with Crippen molar-refractivity contribution in [3.8, 4) is 16.9 Å². The number of anilines is 1. The summed E-state index contributed by atoms with van der Waals surface area (Å²) in [4.78, 5) is 0. The Bertz CT molecular complexity index is 695. The number of aromatic nitrogens is 2. The summed E-state index contributed by atoms with van der Waals surface area (Å²) >= 11 is 1.33. The quantitative estimate of drug-likeness (QED) is 0.777. The Morgan fingerprint density at radius 1 is 1.00 bits per heavy atom. The van der Waals surface area contributed by atoms with Crippen LogP contribution in [0.3, 0.4) is 0 Å². The molecule has 0 unspecified atom stereocenters. The van der Waals surface area contributed by atoms with E-state index < -0.39 is 0 Å². The molecule has 0 saturated heterocycles. The van der Waals surface area contributed by atoms with Gasteiger partial charge in [-0.25, -0.2) is 0 Å². The minimum atomic E-state index is 0.414. The van der Waals surface area contributed by atoms with E-state index >= 15 is 0 Å². The van der Waals surface area contributed by atoms with Crippen LogP contribution in [0.4, 0.5) is 5.00 Å². The molecule has 0 radical (unpaired) electrons. The van der Waals surface area contributed by atoms with Gasteiger partial charge in [-0.05, 0) is 23.3 Å². The molecule has 3 aromatic rings. The Morgan fingerprint density at radius 2 is 1.71 bits per heavy atom. The second-order valence-electron chi connectivity index (χ2n) is 4.48. The number of hydrogen-bond acceptors (Lipinski definition) is 5. The fourth-order valence-corrected chi connectivity index (χ4v) is 2.54. The summed E-state index contributed by atoms with van der Waals surface area (Å²) in [5.41, 5.74) is 3.20. The molecule has 0 atom stereocenters. The van der Waals surface area contributed by atoms with E-state index in [0.29, 0.717) is 6.61 Å². The third-order valence-electron chi connectivity index (χ3n) is 3.12. The summed E-state index contributed by atoms with van der Waals surface area (Å²) in [5.74, 6) is 0.824. The van der Waals surface area contributed by atoms with Crippen LogP contribution in [-0.4, -0.2) is 16.6 Å². The van der Waals surface area contributed by atoms with Gasteiger partial charge in [0.15, 0.2) is 0 Å². The molecule has 21 heavy (non-hydrogen) atoms. The maximum atomic E-state index is 5.75. The largest absolute Gasteiger partial charge is 0.487 e. The molecule has 0 fully saturated rings.